The summed E-state index contributed by atoms with van der Waals surface area (Å²) in [5, 5.41) is 14.6. The topological polar surface area (TPSA) is 63.3 Å². The van der Waals surface area contributed by atoms with Crippen LogP contribution in [0.1, 0.15) is 21.1 Å². The predicted molar refractivity (Wildman–Crippen MR) is 56.2 cm³/mol. The van der Waals surface area contributed by atoms with Gasteiger partial charge in [0.2, 0.25) is 0 Å². The molecule has 5 heteroatoms. The van der Waals surface area contributed by atoms with Crippen LogP contribution in [0.4, 0.5) is 0 Å². The Morgan fingerprint density at radius 3 is 2.80 bits per heavy atom. The summed E-state index contributed by atoms with van der Waals surface area (Å²) in [6, 6.07) is 1.78. The van der Waals surface area contributed by atoms with E-state index in [1.165, 1.54) is 11.3 Å². The van der Waals surface area contributed by atoms with Crippen molar-refractivity contribution in [2.45, 2.75) is 13.8 Å². The maximum Gasteiger partial charge on any atom is 0.346 e. The molecule has 0 atom stereocenters. The van der Waals surface area contributed by atoms with Crippen molar-refractivity contribution >= 4 is 17.3 Å². The van der Waals surface area contributed by atoms with Crippen molar-refractivity contribution in [3.05, 3.63) is 27.8 Å². The molecule has 2 heterocycles. The Kier molecular flexibility index (Phi) is 2.32. The number of rotatable bonds is 2. The zero-order chi connectivity index (χ0) is 11.0. The molecule has 0 amide bonds. The second-order valence-corrected chi connectivity index (χ2v) is 4.08. The number of hydrogen-bond donors (Lipinski definition) is 1. The molecule has 2 aromatic rings. The van der Waals surface area contributed by atoms with Gasteiger partial charge < -0.3 is 9.63 Å². The van der Waals surface area contributed by atoms with Crippen LogP contribution in [-0.2, 0) is 0 Å². The van der Waals surface area contributed by atoms with Gasteiger partial charge in [-0.25, -0.2) is 4.79 Å². The van der Waals surface area contributed by atoms with Crippen molar-refractivity contribution in [3.63, 3.8) is 0 Å². The van der Waals surface area contributed by atoms with E-state index < -0.39 is 5.97 Å². The van der Waals surface area contributed by atoms with E-state index in [0.717, 1.165) is 5.56 Å². The fraction of sp³-hybridized carbons (Fsp3) is 0.200. The number of aromatic carboxylic acids is 1. The van der Waals surface area contributed by atoms with Gasteiger partial charge in [0.25, 0.3) is 0 Å². The van der Waals surface area contributed by atoms with Crippen LogP contribution in [0.3, 0.4) is 0 Å². The molecule has 2 rings (SSSR count). The molecule has 0 radical (unpaired) electrons. The van der Waals surface area contributed by atoms with Crippen molar-refractivity contribution in [1.29, 1.82) is 0 Å². The van der Waals surface area contributed by atoms with Crippen LogP contribution in [0.25, 0.3) is 11.1 Å². The van der Waals surface area contributed by atoms with E-state index in [4.69, 9.17) is 9.63 Å². The molecular formula is C10H9NO3S. The SMILES string of the molecule is Cc1noc(C)c1-c1ccsc1C(=O)O. The fourth-order valence-corrected chi connectivity index (χ4v) is 2.28. The Hall–Kier alpha value is -1.62. The molecule has 0 bridgehead atoms. The normalized spacial score (nSPS) is 10.5. The van der Waals surface area contributed by atoms with E-state index >= 15 is 0 Å². The molecule has 4 nitrogen and oxygen atoms in total. The Bertz CT molecular complexity index is 493. The number of thiophene rings is 1. The first-order valence-electron chi connectivity index (χ1n) is 4.35. The van der Waals surface area contributed by atoms with Gasteiger partial charge >= 0.3 is 5.97 Å². The lowest BCUT2D eigenvalue weighted by Crippen LogP contribution is -1.95. The van der Waals surface area contributed by atoms with Crippen molar-refractivity contribution in [2.75, 3.05) is 0 Å². The van der Waals surface area contributed by atoms with Gasteiger partial charge in [0.15, 0.2) is 0 Å². The summed E-state index contributed by atoms with van der Waals surface area (Å²) < 4.78 is 5.02. The van der Waals surface area contributed by atoms with Gasteiger partial charge in [-0.15, -0.1) is 11.3 Å². The van der Waals surface area contributed by atoms with E-state index in [0.29, 0.717) is 21.9 Å². The predicted octanol–water partition coefficient (Wildman–Crippen LogP) is 2.72. The zero-order valence-electron chi connectivity index (χ0n) is 8.27. The molecule has 1 N–H and O–H groups in total. The Labute approximate surface area is 90.1 Å². The molecule has 0 unspecified atom stereocenters. The van der Waals surface area contributed by atoms with Crippen LogP contribution in [0.5, 0.6) is 0 Å². The molecule has 0 fully saturated rings. The van der Waals surface area contributed by atoms with Gasteiger partial charge in [-0.1, -0.05) is 5.16 Å². The molecule has 0 aliphatic carbocycles. The third-order valence-corrected chi connectivity index (χ3v) is 3.06. The van der Waals surface area contributed by atoms with E-state index in [1.807, 2.05) is 0 Å². The maximum absolute atomic E-state index is 11.0. The summed E-state index contributed by atoms with van der Waals surface area (Å²) in [6.45, 7) is 3.58. The van der Waals surface area contributed by atoms with Crippen LogP contribution >= 0.6 is 11.3 Å². The molecule has 0 saturated carbocycles. The first-order valence-corrected chi connectivity index (χ1v) is 5.23. The summed E-state index contributed by atoms with van der Waals surface area (Å²) in [5.74, 6) is -0.270. The minimum Gasteiger partial charge on any atom is -0.477 e. The van der Waals surface area contributed by atoms with Crippen LogP contribution in [0.15, 0.2) is 16.0 Å². The van der Waals surface area contributed by atoms with Gasteiger partial charge in [-0.3, -0.25) is 0 Å². The third kappa shape index (κ3) is 1.55. The largest absolute Gasteiger partial charge is 0.477 e. The minimum atomic E-state index is -0.917. The van der Waals surface area contributed by atoms with Crippen LogP contribution in [-0.4, -0.2) is 16.2 Å². The van der Waals surface area contributed by atoms with Crippen molar-refractivity contribution < 1.29 is 14.4 Å². The van der Waals surface area contributed by atoms with Crippen molar-refractivity contribution in [3.8, 4) is 11.1 Å². The van der Waals surface area contributed by atoms with Gasteiger partial charge in [0.05, 0.1) is 5.69 Å². The average molecular weight is 223 g/mol. The molecule has 0 aliphatic rings. The number of carboxylic acids is 1. The molecule has 78 valence electrons. The Morgan fingerprint density at radius 1 is 1.53 bits per heavy atom. The monoisotopic (exact) mass is 223 g/mol. The summed E-state index contributed by atoms with van der Waals surface area (Å²) in [5.41, 5.74) is 2.19. The van der Waals surface area contributed by atoms with Gasteiger partial charge in [-0.05, 0) is 25.3 Å². The lowest BCUT2D eigenvalue weighted by molar-refractivity contribution is 0.0703. The molecule has 15 heavy (non-hydrogen) atoms. The van der Waals surface area contributed by atoms with Crippen molar-refractivity contribution in [1.82, 2.24) is 5.16 Å². The summed E-state index contributed by atoms with van der Waals surface area (Å²) in [6.07, 6.45) is 0. The molecule has 0 aromatic carbocycles. The number of aryl methyl sites for hydroxylation is 2. The molecular weight excluding hydrogens is 214 g/mol. The number of carboxylic acid groups (broad SMARTS) is 1. The standard InChI is InChI=1S/C10H9NO3S/c1-5-8(6(2)14-11-5)7-3-4-15-9(7)10(12)13/h3-4H,1-2H3,(H,12,13). The van der Waals surface area contributed by atoms with E-state index in [1.54, 1.807) is 25.3 Å². The van der Waals surface area contributed by atoms with Gasteiger partial charge in [-0.2, -0.15) is 0 Å². The van der Waals surface area contributed by atoms with E-state index in [-0.39, 0.29) is 0 Å². The highest BCUT2D eigenvalue weighted by Gasteiger charge is 2.19. The highest BCUT2D eigenvalue weighted by atomic mass is 32.1. The molecule has 0 aliphatic heterocycles. The Morgan fingerprint density at radius 2 is 2.27 bits per heavy atom. The lowest BCUT2D eigenvalue weighted by atomic mass is 10.1. The second kappa shape index (κ2) is 3.51. The molecule has 0 spiro atoms. The number of carbonyl (C=O) groups is 1. The van der Waals surface area contributed by atoms with Gasteiger partial charge in [0, 0.05) is 11.1 Å². The summed E-state index contributed by atoms with van der Waals surface area (Å²) in [4.78, 5) is 11.3. The zero-order valence-corrected chi connectivity index (χ0v) is 9.09. The van der Waals surface area contributed by atoms with E-state index in [2.05, 4.69) is 5.16 Å². The average Bonchev–Trinajstić information content (AvgIpc) is 2.73. The smallest absolute Gasteiger partial charge is 0.346 e. The highest BCUT2D eigenvalue weighted by molar-refractivity contribution is 7.12. The van der Waals surface area contributed by atoms with Crippen LogP contribution in [0, 0.1) is 13.8 Å². The minimum absolute atomic E-state index is 0.324. The second-order valence-electron chi connectivity index (χ2n) is 3.17. The summed E-state index contributed by atoms with van der Waals surface area (Å²) in [7, 11) is 0. The van der Waals surface area contributed by atoms with E-state index in [9.17, 15) is 4.79 Å². The lowest BCUT2D eigenvalue weighted by Gasteiger charge is -1.98. The number of nitrogens with zero attached hydrogens (tertiary/aromatic N) is 1. The van der Waals surface area contributed by atoms with Gasteiger partial charge in [0.1, 0.15) is 10.6 Å². The first kappa shape index (κ1) is 9.92. The van der Waals surface area contributed by atoms with Crippen LogP contribution < -0.4 is 0 Å². The first-order chi connectivity index (χ1) is 7.11. The maximum atomic E-state index is 11.0. The molecule has 2 aromatic heterocycles. The molecule has 0 saturated heterocycles. The Balaban J connectivity index is 2.64. The summed E-state index contributed by atoms with van der Waals surface area (Å²) >= 11 is 1.20. The number of aromatic nitrogens is 1. The van der Waals surface area contributed by atoms with Crippen LogP contribution in [0.2, 0.25) is 0 Å². The fourth-order valence-electron chi connectivity index (χ4n) is 1.54. The number of hydrogen-bond acceptors (Lipinski definition) is 4. The quantitative estimate of drug-likeness (QED) is 0.850. The van der Waals surface area contributed by atoms with Crippen molar-refractivity contribution in [2.24, 2.45) is 0 Å². The highest BCUT2D eigenvalue weighted by Crippen LogP contribution is 2.32. The third-order valence-electron chi connectivity index (χ3n) is 2.16.